The zero-order valence-corrected chi connectivity index (χ0v) is 12.8. The summed E-state index contributed by atoms with van der Waals surface area (Å²) in [5, 5.41) is 3.20. The normalized spacial score (nSPS) is 38.8. The largest absolute Gasteiger partial charge is 0.445 e. The van der Waals surface area contributed by atoms with Gasteiger partial charge in [0.2, 0.25) is 0 Å². The van der Waals surface area contributed by atoms with Crippen LogP contribution in [0.25, 0.3) is 0 Å². The molecule has 4 aliphatic carbocycles. The van der Waals surface area contributed by atoms with Crippen LogP contribution in [0.3, 0.4) is 0 Å². The van der Waals surface area contributed by atoms with Crippen LogP contribution in [0, 0.1) is 17.8 Å². The SMILES string of the molecule is NC1C2CC3C[C@H]1CC(NC(=O)OCc1ccccc1)(C3)C2. The highest BCUT2D eigenvalue weighted by atomic mass is 16.5. The van der Waals surface area contributed by atoms with Gasteiger partial charge >= 0.3 is 6.09 Å². The minimum absolute atomic E-state index is 0.0554. The van der Waals surface area contributed by atoms with Crippen LogP contribution in [0.4, 0.5) is 4.79 Å². The Labute approximate surface area is 131 Å². The second-order valence-corrected chi connectivity index (χ2v) is 7.51. The number of carbonyl (C=O) groups is 1. The van der Waals surface area contributed by atoms with Crippen molar-refractivity contribution in [3.8, 4) is 0 Å². The van der Waals surface area contributed by atoms with Crippen LogP contribution in [0.15, 0.2) is 30.3 Å². The van der Waals surface area contributed by atoms with Gasteiger partial charge in [0.25, 0.3) is 0 Å². The molecule has 3 N–H and O–H groups in total. The Morgan fingerprint density at radius 3 is 2.55 bits per heavy atom. The van der Waals surface area contributed by atoms with Gasteiger partial charge < -0.3 is 15.8 Å². The van der Waals surface area contributed by atoms with Crippen molar-refractivity contribution in [1.29, 1.82) is 0 Å². The van der Waals surface area contributed by atoms with Gasteiger partial charge in [0, 0.05) is 11.6 Å². The number of nitrogens with one attached hydrogen (secondary N) is 1. The monoisotopic (exact) mass is 300 g/mol. The number of hydrogen-bond acceptors (Lipinski definition) is 3. The molecule has 4 saturated carbocycles. The molecule has 4 nitrogen and oxygen atoms in total. The number of nitrogens with two attached hydrogens (primary N) is 1. The van der Waals surface area contributed by atoms with E-state index < -0.39 is 0 Å². The summed E-state index contributed by atoms with van der Waals surface area (Å²) in [4.78, 5) is 12.2. The van der Waals surface area contributed by atoms with Crippen molar-refractivity contribution in [3.05, 3.63) is 35.9 Å². The Kier molecular flexibility index (Phi) is 3.37. The molecule has 4 bridgehead atoms. The van der Waals surface area contributed by atoms with Crippen LogP contribution >= 0.6 is 0 Å². The van der Waals surface area contributed by atoms with Gasteiger partial charge in [0.15, 0.2) is 0 Å². The number of alkyl carbamates (subject to hydrolysis) is 1. The van der Waals surface area contributed by atoms with Gasteiger partial charge in [-0.3, -0.25) is 0 Å². The molecular weight excluding hydrogens is 276 g/mol. The third kappa shape index (κ3) is 2.50. The second-order valence-electron chi connectivity index (χ2n) is 7.51. The van der Waals surface area contributed by atoms with Crippen molar-refractivity contribution in [1.82, 2.24) is 5.32 Å². The molecule has 1 amide bonds. The first-order valence-corrected chi connectivity index (χ1v) is 8.38. The number of carbonyl (C=O) groups excluding carboxylic acids is 1. The predicted octanol–water partition coefficient (Wildman–Crippen LogP) is 2.82. The quantitative estimate of drug-likeness (QED) is 0.902. The summed E-state index contributed by atoms with van der Waals surface area (Å²) in [5.74, 6) is 1.91. The van der Waals surface area contributed by atoms with Gasteiger partial charge in [0.1, 0.15) is 6.61 Å². The van der Waals surface area contributed by atoms with Gasteiger partial charge in [-0.1, -0.05) is 30.3 Å². The van der Waals surface area contributed by atoms with Gasteiger partial charge in [-0.2, -0.15) is 0 Å². The molecule has 118 valence electrons. The van der Waals surface area contributed by atoms with Gasteiger partial charge in [0.05, 0.1) is 0 Å². The molecule has 0 saturated heterocycles. The van der Waals surface area contributed by atoms with Crippen molar-refractivity contribution in [3.63, 3.8) is 0 Å². The number of amides is 1. The van der Waals surface area contributed by atoms with E-state index in [1.54, 1.807) is 0 Å². The number of benzene rings is 1. The first-order chi connectivity index (χ1) is 10.6. The van der Waals surface area contributed by atoms with E-state index >= 15 is 0 Å². The van der Waals surface area contributed by atoms with Crippen molar-refractivity contribution in [2.24, 2.45) is 23.5 Å². The Hall–Kier alpha value is -1.55. The van der Waals surface area contributed by atoms with Crippen LogP contribution in [0.5, 0.6) is 0 Å². The fourth-order valence-corrected chi connectivity index (χ4v) is 5.19. The summed E-state index contributed by atoms with van der Waals surface area (Å²) in [5.41, 5.74) is 7.31. The number of rotatable bonds is 3. The molecule has 1 aromatic carbocycles. The first kappa shape index (κ1) is 14.1. The first-order valence-electron chi connectivity index (χ1n) is 8.38. The third-order valence-electron chi connectivity index (χ3n) is 5.93. The maximum absolute atomic E-state index is 12.2. The van der Waals surface area contributed by atoms with E-state index in [1.807, 2.05) is 30.3 Å². The van der Waals surface area contributed by atoms with Gasteiger partial charge in [-0.15, -0.1) is 0 Å². The smallest absolute Gasteiger partial charge is 0.407 e. The van der Waals surface area contributed by atoms with Crippen molar-refractivity contribution in [2.45, 2.75) is 50.3 Å². The lowest BCUT2D eigenvalue weighted by Crippen LogP contribution is -2.65. The summed E-state index contributed by atoms with van der Waals surface area (Å²) in [6.45, 7) is 0.332. The Balaban J connectivity index is 1.38. The molecule has 4 fully saturated rings. The Morgan fingerprint density at radius 1 is 1.18 bits per heavy atom. The van der Waals surface area contributed by atoms with E-state index in [0.29, 0.717) is 24.5 Å². The lowest BCUT2D eigenvalue weighted by atomic mass is 9.51. The minimum atomic E-state index is -0.278. The van der Waals surface area contributed by atoms with E-state index in [0.717, 1.165) is 30.7 Å². The summed E-state index contributed by atoms with van der Waals surface area (Å²) in [7, 11) is 0. The number of ether oxygens (including phenoxy) is 1. The molecule has 0 radical (unpaired) electrons. The Morgan fingerprint density at radius 2 is 1.86 bits per heavy atom. The van der Waals surface area contributed by atoms with E-state index in [2.05, 4.69) is 5.32 Å². The topological polar surface area (TPSA) is 64.3 Å². The van der Waals surface area contributed by atoms with Crippen molar-refractivity contribution < 1.29 is 9.53 Å². The maximum Gasteiger partial charge on any atom is 0.407 e. The van der Waals surface area contributed by atoms with E-state index in [-0.39, 0.29) is 11.6 Å². The third-order valence-corrected chi connectivity index (χ3v) is 5.93. The summed E-state index contributed by atoms with van der Waals surface area (Å²) in [6, 6.07) is 10.1. The molecule has 22 heavy (non-hydrogen) atoms. The molecule has 4 heteroatoms. The van der Waals surface area contributed by atoms with Crippen molar-refractivity contribution >= 4 is 6.09 Å². The summed E-state index contributed by atoms with van der Waals surface area (Å²) in [6.07, 6.45) is 5.39. The van der Waals surface area contributed by atoms with Crippen LogP contribution in [-0.4, -0.2) is 17.7 Å². The maximum atomic E-state index is 12.2. The van der Waals surface area contributed by atoms with Crippen LogP contribution in [-0.2, 0) is 11.3 Å². The molecule has 0 heterocycles. The van der Waals surface area contributed by atoms with Gasteiger partial charge in [-0.25, -0.2) is 4.79 Å². The van der Waals surface area contributed by atoms with Crippen molar-refractivity contribution in [2.75, 3.05) is 0 Å². The van der Waals surface area contributed by atoms with Crippen LogP contribution < -0.4 is 11.1 Å². The summed E-state index contributed by atoms with van der Waals surface area (Å²) < 4.78 is 5.41. The van der Waals surface area contributed by atoms with Gasteiger partial charge in [-0.05, 0) is 55.4 Å². The highest BCUT2D eigenvalue weighted by Gasteiger charge is 2.55. The van der Waals surface area contributed by atoms with E-state index in [4.69, 9.17) is 10.5 Å². The average Bonchev–Trinajstić information content (AvgIpc) is 2.50. The highest BCUT2D eigenvalue weighted by molar-refractivity contribution is 5.68. The van der Waals surface area contributed by atoms with E-state index in [9.17, 15) is 4.79 Å². The Bertz CT molecular complexity index is 543. The standard InChI is InChI=1S/C18H24N2O2/c19-16-14-6-13-7-15(16)10-18(8-13,9-14)20-17(21)22-11-12-4-2-1-3-5-12/h1-5,13-16H,6-11,19H2,(H,20,21)/t13?,14-,15?,16?,18?/m0/s1. The van der Waals surface area contributed by atoms with Crippen LogP contribution in [0.1, 0.15) is 37.7 Å². The zero-order valence-electron chi connectivity index (χ0n) is 12.8. The average molecular weight is 300 g/mol. The molecule has 4 aliphatic rings. The molecule has 1 aromatic rings. The zero-order chi connectivity index (χ0) is 15.2. The number of hydrogen-bond donors (Lipinski definition) is 2. The second kappa shape index (κ2) is 5.27. The lowest BCUT2D eigenvalue weighted by Gasteiger charge is -2.59. The lowest BCUT2D eigenvalue weighted by molar-refractivity contribution is -0.0347. The van der Waals surface area contributed by atoms with E-state index in [1.165, 1.54) is 12.8 Å². The fraction of sp³-hybridized carbons (Fsp3) is 0.611. The predicted molar refractivity (Wildman–Crippen MR) is 84.0 cm³/mol. The minimum Gasteiger partial charge on any atom is -0.445 e. The molecule has 0 spiro atoms. The molecular formula is C18H24N2O2. The summed E-state index contributed by atoms with van der Waals surface area (Å²) >= 11 is 0. The fourth-order valence-electron chi connectivity index (χ4n) is 5.19. The highest BCUT2D eigenvalue weighted by Crippen LogP contribution is 2.55. The molecule has 0 aliphatic heterocycles. The molecule has 5 atom stereocenters. The molecule has 4 unspecified atom stereocenters. The van der Waals surface area contributed by atoms with Crippen LogP contribution in [0.2, 0.25) is 0 Å². The molecule has 0 aromatic heterocycles. The molecule has 5 rings (SSSR count).